The van der Waals surface area contributed by atoms with Crippen molar-refractivity contribution in [2.24, 2.45) is 0 Å². The number of rotatable bonds is 3. The first-order chi connectivity index (χ1) is 13.3. The number of aromatic nitrogens is 3. The molecular weight excluding hydrogens is 344 g/mol. The van der Waals surface area contributed by atoms with Crippen LogP contribution in [0.3, 0.4) is 0 Å². The number of hydrogen-bond acceptors (Lipinski definition) is 3. The van der Waals surface area contributed by atoms with Crippen molar-refractivity contribution >= 4 is 11.5 Å². The zero-order valence-corrected chi connectivity index (χ0v) is 18.3. The first-order valence-corrected chi connectivity index (χ1v) is 10.6. The minimum absolute atomic E-state index is 0.500. The molecule has 0 saturated carbocycles. The molecule has 0 saturated heterocycles. The van der Waals surface area contributed by atoms with E-state index in [-0.39, 0.29) is 0 Å². The quantitative estimate of drug-likeness (QED) is 0.606. The van der Waals surface area contributed by atoms with Gasteiger partial charge in [0.15, 0.2) is 5.65 Å². The third-order valence-corrected chi connectivity index (χ3v) is 6.36. The summed E-state index contributed by atoms with van der Waals surface area (Å²) in [5.74, 6) is 1.26. The van der Waals surface area contributed by atoms with Gasteiger partial charge in [0.2, 0.25) is 0 Å². The van der Waals surface area contributed by atoms with Crippen molar-refractivity contribution in [3.05, 3.63) is 45.8 Å². The molecule has 1 atom stereocenters. The maximum absolute atomic E-state index is 5.08. The Balaban J connectivity index is 2.06. The van der Waals surface area contributed by atoms with Gasteiger partial charge in [-0.25, -0.2) is 4.98 Å². The molecule has 148 valence electrons. The molecule has 0 bridgehead atoms. The van der Waals surface area contributed by atoms with Crippen molar-refractivity contribution in [3.8, 4) is 11.1 Å². The fourth-order valence-electron chi connectivity index (χ4n) is 4.92. The van der Waals surface area contributed by atoms with Crippen LogP contribution in [0.5, 0.6) is 0 Å². The predicted molar refractivity (Wildman–Crippen MR) is 118 cm³/mol. The topological polar surface area (TPSA) is 33.4 Å². The predicted octanol–water partition coefficient (Wildman–Crippen LogP) is 5.49. The van der Waals surface area contributed by atoms with Gasteiger partial charge in [-0.1, -0.05) is 24.6 Å². The molecule has 3 aromatic rings. The Morgan fingerprint density at radius 2 is 1.68 bits per heavy atom. The molecule has 0 N–H and O–H groups in total. The molecule has 3 heterocycles. The average molecular weight is 377 g/mol. The van der Waals surface area contributed by atoms with Crippen LogP contribution in [0.4, 0.5) is 5.82 Å². The molecule has 1 aliphatic heterocycles. The molecule has 1 aliphatic rings. The van der Waals surface area contributed by atoms with Crippen LogP contribution < -0.4 is 4.90 Å². The minimum atomic E-state index is 0.500. The summed E-state index contributed by atoms with van der Waals surface area (Å²) in [6.45, 7) is 16.5. The van der Waals surface area contributed by atoms with Crippen LogP contribution in [-0.4, -0.2) is 27.2 Å². The first-order valence-electron chi connectivity index (χ1n) is 10.6. The summed E-state index contributed by atoms with van der Waals surface area (Å²) in [5, 5.41) is 5.03. The van der Waals surface area contributed by atoms with E-state index >= 15 is 0 Å². The van der Waals surface area contributed by atoms with E-state index in [0.29, 0.717) is 6.04 Å². The summed E-state index contributed by atoms with van der Waals surface area (Å²) in [5.41, 5.74) is 11.0. The number of nitrogens with zero attached hydrogens (tertiary/aromatic N) is 4. The van der Waals surface area contributed by atoms with Crippen LogP contribution in [-0.2, 0) is 6.42 Å². The highest BCUT2D eigenvalue weighted by Gasteiger charge is 2.28. The lowest BCUT2D eigenvalue weighted by Crippen LogP contribution is -2.39. The van der Waals surface area contributed by atoms with Crippen molar-refractivity contribution in [1.29, 1.82) is 0 Å². The molecule has 4 heteroatoms. The monoisotopic (exact) mass is 376 g/mol. The highest BCUT2D eigenvalue weighted by atomic mass is 15.4. The minimum Gasteiger partial charge on any atom is -0.354 e. The number of fused-ring (bicyclic) bond motifs is 3. The Morgan fingerprint density at radius 1 is 1.00 bits per heavy atom. The molecule has 0 amide bonds. The lowest BCUT2D eigenvalue weighted by Gasteiger charge is -2.36. The number of hydrogen-bond donors (Lipinski definition) is 0. The summed E-state index contributed by atoms with van der Waals surface area (Å²) in [6, 6.07) is 5.03. The standard InChI is InChI=1S/C24H32N4/c1-8-17(5)27-11-9-10-20-18(6)25-23-22(19(7)26-28(23)24(20)27)21-15(3)12-14(2)13-16(21)4/h12-13,17H,8-11H2,1-7H3. The summed E-state index contributed by atoms with van der Waals surface area (Å²) in [6.07, 6.45) is 3.41. The Hall–Kier alpha value is -2.36. The van der Waals surface area contributed by atoms with Gasteiger partial charge < -0.3 is 4.90 Å². The van der Waals surface area contributed by atoms with E-state index < -0.39 is 0 Å². The van der Waals surface area contributed by atoms with E-state index in [4.69, 9.17) is 10.1 Å². The summed E-state index contributed by atoms with van der Waals surface area (Å²) >= 11 is 0. The fraction of sp³-hybridized carbons (Fsp3) is 0.500. The fourth-order valence-corrected chi connectivity index (χ4v) is 4.92. The summed E-state index contributed by atoms with van der Waals surface area (Å²) in [4.78, 5) is 7.63. The van der Waals surface area contributed by atoms with E-state index in [2.05, 4.69) is 70.0 Å². The molecular formula is C24H32N4. The van der Waals surface area contributed by atoms with Crippen LogP contribution in [0.1, 0.15) is 60.3 Å². The highest BCUT2D eigenvalue weighted by molar-refractivity contribution is 5.85. The van der Waals surface area contributed by atoms with Crippen LogP contribution in [0.25, 0.3) is 16.8 Å². The van der Waals surface area contributed by atoms with Gasteiger partial charge >= 0.3 is 0 Å². The average Bonchev–Trinajstić information content (AvgIpc) is 2.96. The lowest BCUT2D eigenvalue weighted by atomic mass is 9.93. The van der Waals surface area contributed by atoms with Crippen molar-refractivity contribution in [2.75, 3.05) is 11.4 Å². The van der Waals surface area contributed by atoms with Crippen LogP contribution in [0.15, 0.2) is 12.1 Å². The maximum atomic E-state index is 5.08. The molecule has 1 aromatic carbocycles. The molecule has 2 aromatic heterocycles. The molecule has 1 unspecified atom stereocenters. The Bertz CT molecular complexity index is 1040. The van der Waals surface area contributed by atoms with Gasteiger partial charge in [-0.3, -0.25) is 0 Å². The zero-order chi connectivity index (χ0) is 20.2. The van der Waals surface area contributed by atoms with Crippen LogP contribution >= 0.6 is 0 Å². The maximum Gasteiger partial charge on any atom is 0.165 e. The molecule has 0 radical (unpaired) electrons. The highest BCUT2D eigenvalue weighted by Crippen LogP contribution is 2.38. The van der Waals surface area contributed by atoms with E-state index in [1.807, 2.05) is 0 Å². The number of aryl methyl sites for hydroxylation is 5. The molecule has 4 nitrogen and oxygen atoms in total. The molecule has 28 heavy (non-hydrogen) atoms. The summed E-state index contributed by atoms with van der Waals surface area (Å²) in [7, 11) is 0. The Morgan fingerprint density at radius 3 is 2.32 bits per heavy atom. The zero-order valence-electron chi connectivity index (χ0n) is 18.3. The molecule has 0 aliphatic carbocycles. The van der Waals surface area contributed by atoms with E-state index in [1.54, 1.807) is 0 Å². The van der Waals surface area contributed by atoms with Crippen LogP contribution in [0, 0.1) is 34.6 Å². The molecule has 4 rings (SSSR count). The Kier molecular flexibility index (Phi) is 4.68. The van der Waals surface area contributed by atoms with Gasteiger partial charge in [-0.15, -0.1) is 0 Å². The largest absolute Gasteiger partial charge is 0.354 e. The summed E-state index contributed by atoms with van der Waals surface area (Å²) < 4.78 is 2.14. The normalized spacial score (nSPS) is 15.2. The van der Waals surface area contributed by atoms with E-state index in [9.17, 15) is 0 Å². The third-order valence-electron chi connectivity index (χ3n) is 6.36. The van der Waals surface area contributed by atoms with Crippen molar-refractivity contribution in [3.63, 3.8) is 0 Å². The van der Waals surface area contributed by atoms with Gasteiger partial charge in [0, 0.05) is 23.8 Å². The van der Waals surface area contributed by atoms with Gasteiger partial charge in [-0.2, -0.15) is 9.61 Å². The lowest BCUT2D eigenvalue weighted by molar-refractivity contribution is 0.560. The van der Waals surface area contributed by atoms with Crippen molar-refractivity contribution in [2.45, 2.75) is 73.8 Å². The van der Waals surface area contributed by atoms with Crippen molar-refractivity contribution in [1.82, 2.24) is 14.6 Å². The number of anilines is 1. The third kappa shape index (κ3) is 2.81. The van der Waals surface area contributed by atoms with Crippen LogP contribution in [0.2, 0.25) is 0 Å². The van der Waals surface area contributed by atoms with E-state index in [0.717, 1.165) is 36.4 Å². The van der Waals surface area contributed by atoms with Gasteiger partial charge in [0.05, 0.1) is 11.3 Å². The second-order valence-corrected chi connectivity index (χ2v) is 8.52. The second-order valence-electron chi connectivity index (χ2n) is 8.52. The van der Waals surface area contributed by atoms with Gasteiger partial charge in [-0.05, 0) is 77.5 Å². The van der Waals surface area contributed by atoms with E-state index in [1.165, 1.54) is 45.6 Å². The Labute approximate surface area is 168 Å². The van der Waals surface area contributed by atoms with Gasteiger partial charge in [0.25, 0.3) is 0 Å². The number of benzene rings is 1. The van der Waals surface area contributed by atoms with Crippen molar-refractivity contribution < 1.29 is 0 Å². The van der Waals surface area contributed by atoms with Gasteiger partial charge in [0.1, 0.15) is 5.82 Å². The first kappa shape index (κ1) is 19.0. The molecule has 0 spiro atoms. The SMILES string of the molecule is CCC(C)N1CCCc2c(C)nc3c(-c4c(C)cc(C)cc4C)c(C)nn3c21. The molecule has 0 fully saturated rings. The smallest absolute Gasteiger partial charge is 0.165 e. The second kappa shape index (κ2) is 6.91.